The van der Waals surface area contributed by atoms with Crippen molar-refractivity contribution in [2.24, 2.45) is 16.5 Å². The molecule has 1 atom stereocenters. The molecule has 2 aliphatic rings. The summed E-state index contributed by atoms with van der Waals surface area (Å²) in [4.78, 5) is 19.0. The summed E-state index contributed by atoms with van der Waals surface area (Å²) in [5, 5.41) is 5.15. The van der Waals surface area contributed by atoms with Crippen LogP contribution in [-0.2, 0) is 14.8 Å². The van der Waals surface area contributed by atoms with Crippen molar-refractivity contribution in [3.63, 3.8) is 0 Å². The summed E-state index contributed by atoms with van der Waals surface area (Å²) in [6.45, 7) is 3.09. The number of sulfonamides is 1. The van der Waals surface area contributed by atoms with Crippen LogP contribution in [0.4, 0.5) is 0 Å². The van der Waals surface area contributed by atoms with Crippen LogP contribution in [0, 0.1) is 11.3 Å². The minimum Gasteiger partial charge on any atom is -0.493 e. The molecule has 1 aromatic heterocycles. The zero-order valence-electron chi connectivity index (χ0n) is 16.6. The molecule has 2 N–H and O–H groups in total. The van der Waals surface area contributed by atoms with E-state index < -0.39 is 10.0 Å². The van der Waals surface area contributed by atoms with Crippen molar-refractivity contribution >= 4 is 15.9 Å². The Kier molecular flexibility index (Phi) is 5.77. The first-order valence-electron chi connectivity index (χ1n) is 9.90. The molecule has 2 aromatic rings. The number of hydrogen-bond acceptors (Lipinski definition) is 6. The van der Waals surface area contributed by atoms with Gasteiger partial charge in [0.25, 0.3) is 5.91 Å². The van der Waals surface area contributed by atoms with Gasteiger partial charge in [-0.25, -0.2) is 13.6 Å². The molecule has 30 heavy (non-hydrogen) atoms. The maximum atomic E-state index is 13.1. The second-order valence-corrected chi connectivity index (χ2v) is 9.48. The Morgan fingerprint density at radius 2 is 1.83 bits per heavy atom. The Labute approximate surface area is 176 Å². The molecule has 0 aliphatic carbocycles. The van der Waals surface area contributed by atoms with Gasteiger partial charge < -0.3 is 14.4 Å². The Balaban J connectivity index is 1.50. The summed E-state index contributed by atoms with van der Waals surface area (Å²) in [6, 6.07) is 9.40. The van der Waals surface area contributed by atoms with Crippen molar-refractivity contribution in [2.75, 3.05) is 32.9 Å². The molecule has 2 aliphatic heterocycles. The highest BCUT2D eigenvalue weighted by atomic mass is 32.2. The lowest BCUT2D eigenvalue weighted by Crippen LogP contribution is -2.39. The number of carbonyl (C=O) groups is 1. The molecule has 3 heterocycles. The lowest BCUT2D eigenvalue weighted by Gasteiger charge is -2.37. The maximum Gasteiger partial charge on any atom is 0.253 e. The Hall–Kier alpha value is -2.49. The zero-order chi connectivity index (χ0) is 21.2. The molecule has 9 heteroatoms. The van der Waals surface area contributed by atoms with Gasteiger partial charge in [0.2, 0.25) is 10.0 Å². The van der Waals surface area contributed by atoms with E-state index in [1.54, 1.807) is 12.4 Å². The first-order valence-corrected chi connectivity index (χ1v) is 11.4. The van der Waals surface area contributed by atoms with Crippen LogP contribution in [0.25, 0.3) is 0 Å². The Morgan fingerprint density at radius 1 is 1.17 bits per heavy atom. The first kappa shape index (κ1) is 20.8. The molecular formula is C21H25N3O5S. The summed E-state index contributed by atoms with van der Waals surface area (Å²) in [5.41, 5.74) is 0.405. The van der Waals surface area contributed by atoms with Crippen LogP contribution in [0.15, 0.2) is 53.7 Å². The number of pyridine rings is 1. The van der Waals surface area contributed by atoms with Crippen LogP contribution in [-0.4, -0.2) is 57.1 Å². The number of benzene rings is 1. The lowest BCUT2D eigenvalue weighted by atomic mass is 9.72. The molecule has 0 radical (unpaired) electrons. The average molecular weight is 432 g/mol. The lowest BCUT2D eigenvalue weighted by molar-refractivity contribution is -0.00909. The van der Waals surface area contributed by atoms with Crippen LogP contribution in [0.1, 0.15) is 23.2 Å². The molecule has 4 rings (SSSR count). The van der Waals surface area contributed by atoms with Gasteiger partial charge in [0.05, 0.1) is 11.5 Å². The molecule has 0 saturated carbocycles. The van der Waals surface area contributed by atoms with Gasteiger partial charge in [-0.3, -0.25) is 9.78 Å². The molecule has 1 unspecified atom stereocenters. The predicted molar refractivity (Wildman–Crippen MR) is 109 cm³/mol. The molecule has 1 aromatic carbocycles. The molecule has 8 nitrogen and oxygen atoms in total. The third kappa shape index (κ3) is 4.33. The minimum atomic E-state index is -3.79. The number of primary sulfonamides is 1. The quantitative estimate of drug-likeness (QED) is 0.771. The number of rotatable bonds is 5. The highest BCUT2D eigenvalue weighted by Crippen LogP contribution is 2.44. The van der Waals surface area contributed by atoms with Gasteiger partial charge >= 0.3 is 0 Å². The minimum absolute atomic E-state index is 0.00926. The molecular weight excluding hydrogens is 406 g/mol. The van der Waals surface area contributed by atoms with Gasteiger partial charge in [0.1, 0.15) is 5.75 Å². The van der Waals surface area contributed by atoms with Gasteiger partial charge in [0, 0.05) is 55.6 Å². The average Bonchev–Trinajstić information content (AvgIpc) is 3.10. The van der Waals surface area contributed by atoms with E-state index in [4.69, 9.17) is 14.6 Å². The van der Waals surface area contributed by atoms with Gasteiger partial charge in [0.15, 0.2) is 0 Å². The second-order valence-electron chi connectivity index (χ2n) is 7.92. The monoisotopic (exact) mass is 431 g/mol. The van der Waals surface area contributed by atoms with Crippen molar-refractivity contribution < 1.29 is 22.7 Å². The third-order valence-corrected chi connectivity index (χ3v) is 7.05. The van der Waals surface area contributed by atoms with E-state index in [2.05, 4.69) is 4.98 Å². The van der Waals surface area contributed by atoms with E-state index >= 15 is 0 Å². The van der Waals surface area contributed by atoms with E-state index in [1.807, 2.05) is 17.0 Å². The van der Waals surface area contributed by atoms with Crippen LogP contribution in [0.2, 0.25) is 0 Å². The summed E-state index contributed by atoms with van der Waals surface area (Å²) in [5.74, 6) is 0.825. The predicted octanol–water partition coefficient (Wildman–Crippen LogP) is 1.68. The number of nitrogens with two attached hydrogens (primary N) is 1. The highest BCUT2D eigenvalue weighted by Gasteiger charge is 2.49. The van der Waals surface area contributed by atoms with Crippen molar-refractivity contribution in [1.82, 2.24) is 9.88 Å². The highest BCUT2D eigenvalue weighted by molar-refractivity contribution is 7.89. The SMILES string of the molecule is NS(=O)(=O)c1ccc(C(=O)N2CC(COc3ccncc3)C3(CCOCC3)C2)cc1. The van der Waals surface area contributed by atoms with Crippen molar-refractivity contribution in [3.8, 4) is 5.75 Å². The maximum absolute atomic E-state index is 13.1. The van der Waals surface area contributed by atoms with E-state index in [1.165, 1.54) is 24.3 Å². The van der Waals surface area contributed by atoms with Gasteiger partial charge in [-0.2, -0.15) is 0 Å². The molecule has 160 valence electrons. The molecule has 2 fully saturated rings. The summed E-state index contributed by atoms with van der Waals surface area (Å²) in [6.07, 6.45) is 5.14. The molecule has 1 amide bonds. The fraction of sp³-hybridized carbons (Fsp3) is 0.429. The van der Waals surface area contributed by atoms with E-state index in [-0.39, 0.29) is 22.1 Å². The summed E-state index contributed by atoms with van der Waals surface area (Å²) < 4.78 is 34.5. The van der Waals surface area contributed by atoms with Crippen LogP contribution in [0.3, 0.4) is 0 Å². The molecule has 2 saturated heterocycles. The second kappa shape index (κ2) is 8.33. The van der Waals surface area contributed by atoms with E-state index in [0.717, 1.165) is 18.6 Å². The number of nitrogens with zero attached hydrogens (tertiary/aromatic N) is 2. The standard InChI is InChI=1S/C21H25N3O5S/c22-30(26,27)19-3-1-16(2-4-19)20(25)24-13-17(14-29-18-5-9-23-10-6-18)21(15-24)7-11-28-12-8-21/h1-6,9-10,17H,7-8,11-15H2,(H2,22,26,27). The Morgan fingerprint density at radius 3 is 2.47 bits per heavy atom. The number of hydrogen-bond donors (Lipinski definition) is 1. The number of aromatic nitrogens is 1. The van der Waals surface area contributed by atoms with Crippen LogP contribution < -0.4 is 9.88 Å². The fourth-order valence-corrected chi connectivity index (χ4v) is 4.88. The van der Waals surface area contributed by atoms with E-state index in [0.29, 0.717) is 38.5 Å². The number of amides is 1. The molecule has 1 spiro atoms. The van der Waals surface area contributed by atoms with Crippen LogP contribution in [0.5, 0.6) is 5.75 Å². The smallest absolute Gasteiger partial charge is 0.253 e. The van der Waals surface area contributed by atoms with Gasteiger partial charge in [-0.1, -0.05) is 0 Å². The molecule has 0 bridgehead atoms. The third-order valence-electron chi connectivity index (χ3n) is 6.12. The summed E-state index contributed by atoms with van der Waals surface area (Å²) in [7, 11) is -3.79. The number of carbonyl (C=O) groups excluding carboxylic acids is 1. The van der Waals surface area contributed by atoms with Crippen molar-refractivity contribution in [2.45, 2.75) is 17.7 Å². The van der Waals surface area contributed by atoms with Crippen molar-refractivity contribution in [1.29, 1.82) is 0 Å². The fourth-order valence-electron chi connectivity index (χ4n) is 4.36. The zero-order valence-corrected chi connectivity index (χ0v) is 17.4. The van der Waals surface area contributed by atoms with Crippen LogP contribution >= 0.6 is 0 Å². The largest absolute Gasteiger partial charge is 0.493 e. The number of ether oxygens (including phenoxy) is 2. The van der Waals surface area contributed by atoms with Gasteiger partial charge in [-0.05, 0) is 49.2 Å². The van der Waals surface area contributed by atoms with E-state index in [9.17, 15) is 13.2 Å². The van der Waals surface area contributed by atoms with Crippen molar-refractivity contribution in [3.05, 3.63) is 54.4 Å². The first-order chi connectivity index (χ1) is 14.4. The normalized spacial score (nSPS) is 21.0. The Bertz CT molecular complexity index is 989. The topological polar surface area (TPSA) is 112 Å². The van der Waals surface area contributed by atoms with Gasteiger partial charge in [-0.15, -0.1) is 0 Å². The summed E-state index contributed by atoms with van der Waals surface area (Å²) >= 11 is 0. The number of likely N-dealkylation sites (tertiary alicyclic amines) is 1.